The number of para-hydroxylation sites is 2. The van der Waals surface area contributed by atoms with E-state index in [1.807, 2.05) is 48.5 Å². The third kappa shape index (κ3) is 1.55. The summed E-state index contributed by atoms with van der Waals surface area (Å²) in [6.45, 7) is 0. The lowest BCUT2D eigenvalue weighted by atomic mass is 9.85. The van der Waals surface area contributed by atoms with Crippen LogP contribution >= 0.6 is 0 Å². The Labute approximate surface area is 105 Å². The highest BCUT2D eigenvalue weighted by atomic mass is 16.2. The van der Waals surface area contributed by atoms with Crippen molar-refractivity contribution in [3.05, 3.63) is 59.7 Å². The number of carbonyl (C=O) groups excluding carboxylic acids is 1. The number of amides is 1. The maximum Gasteiger partial charge on any atom is 0.246 e. The zero-order valence-electron chi connectivity index (χ0n) is 9.68. The van der Waals surface area contributed by atoms with Crippen LogP contribution in [0.15, 0.2) is 48.5 Å². The molecule has 0 unspecified atom stereocenters. The molecular weight excluding hydrogens is 226 g/mol. The number of hydrogen-bond acceptors (Lipinski definition) is 3. The molecule has 0 spiro atoms. The van der Waals surface area contributed by atoms with Crippen LogP contribution in [0.5, 0.6) is 0 Å². The molecule has 1 aliphatic rings. The van der Waals surface area contributed by atoms with E-state index in [2.05, 4.69) is 10.7 Å². The van der Waals surface area contributed by atoms with E-state index >= 15 is 0 Å². The number of nitrogens with two attached hydrogens (primary N) is 1. The number of nitrogens with one attached hydrogen (secondary N) is 2. The van der Waals surface area contributed by atoms with Crippen LogP contribution in [0.3, 0.4) is 0 Å². The van der Waals surface area contributed by atoms with Crippen molar-refractivity contribution in [2.24, 2.45) is 5.84 Å². The fraction of sp³-hybridized carbons (Fsp3) is 0.0714. The number of hydrogen-bond donors (Lipinski definition) is 3. The summed E-state index contributed by atoms with van der Waals surface area (Å²) in [5, 5.41) is 3.33. The third-order valence-corrected chi connectivity index (χ3v) is 3.22. The van der Waals surface area contributed by atoms with E-state index in [9.17, 15) is 4.79 Å². The van der Waals surface area contributed by atoms with Crippen molar-refractivity contribution in [3.8, 4) is 0 Å². The molecule has 0 saturated carbocycles. The van der Waals surface area contributed by atoms with Gasteiger partial charge in [0, 0.05) is 11.4 Å². The summed E-state index contributed by atoms with van der Waals surface area (Å²) in [4.78, 5) is 12.0. The molecule has 2 aromatic rings. The first-order valence-corrected chi connectivity index (χ1v) is 5.76. The smallest absolute Gasteiger partial charge is 0.246 e. The fourth-order valence-electron chi connectivity index (χ4n) is 2.40. The van der Waals surface area contributed by atoms with E-state index in [1.165, 1.54) is 0 Å². The average molecular weight is 239 g/mol. The van der Waals surface area contributed by atoms with Gasteiger partial charge in [-0.25, -0.2) is 5.84 Å². The van der Waals surface area contributed by atoms with Crippen molar-refractivity contribution >= 4 is 17.3 Å². The van der Waals surface area contributed by atoms with Crippen molar-refractivity contribution in [2.45, 2.75) is 5.92 Å². The molecule has 0 bridgehead atoms. The Morgan fingerprint density at radius 3 is 2.00 bits per heavy atom. The van der Waals surface area contributed by atoms with Crippen molar-refractivity contribution in [3.63, 3.8) is 0 Å². The van der Waals surface area contributed by atoms with Gasteiger partial charge in [-0.05, 0) is 23.3 Å². The predicted octanol–water partition coefficient (Wildman–Crippen LogP) is 1.87. The lowest BCUT2D eigenvalue weighted by Gasteiger charge is -2.27. The van der Waals surface area contributed by atoms with E-state index in [4.69, 9.17) is 5.84 Å². The van der Waals surface area contributed by atoms with Crippen molar-refractivity contribution in [1.82, 2.24) is 5.43 Å². The molecular formula is C14H13N3O. The van der Waals surface area contributed by atoms with E-state index in [-0.39, 0.29) is 11.8 Å². The van der Waals surface area contributed by atoms with E-state index < -0.39 is 0 Å². The standard InChI is InChI=1S/C14H13N3O/c15-17-14(18)13-9-5-1-3-7-11(9)16-12-8-4-2-6-10(12)13/h1-8,13,16H,15H2,(H,17,18). The quantitative estimate of drug-likeness (QED) is 0.404. The van der Waals surface area contributed by atoms with Gasteiger partial charge in [0.05, 0.1) is 5.92 Å². The molecule has 0 aromatic heterocycles. The molecule has 0 atom stereocenters. The van der Waals surface area contributed by atoms with E-state index in [1.54, 1.807) is 0 Å². The zero-order chi connectivity index (χ0) is 12.5. The minimum atomic E-state index is -0.358. The summed E-state index contributed by atoms with van der Waals surface area (Å²) in [6.07, 6.45) is 0. The Morgan fingerprint density at radius 1 is 1.00 bits per heavy atom. The van der Waals surface area contributed by atoms with Crippen LogP contribution < -0.4 is 16.6 Å². The maximum atomic E-state index is 12.0. The van der Waals surface area contributed by atoms with Crippen LogP contribution in [0.2, 0.25) is 0 Å². The first-order chi connectivity index (χ1) is 8.81. The van der Waals surface area contributed by atoms with Crippen LogP contribution in [0.25, 0.3) is 0 Å². The number of anilines is 2. The van der Waals surface area contributed by atoms with E-state index in [0.29, 0.717) is 0 Å². The Balaban J connectivity index is 2.20. The maximum absolute atomic E-state index is 12.0. The van der Waals surface area contributed by atoms with Gasteiger partial charge < -0.3 is 5.32 Å². The average Bonchev–Trinajstić information content (AvgIpc) is 2.44. The Bertz CT molecular complexity index is 564. The van der Waals surface area contributed by atoms with Gasteiger partial charge in [-0.15, -0.1) is 0 Å². The Morgan fingerprint density at radius 2 is 1.50 bits per heavy atom. The molecule has 3 rings (SSSR count). The van der Waals surface area contributed by atoms with Gasteiger partial charge in [0.25, 0.3) is 0 Å². The molecule has 1 amide bonds. The number of fused-ring (bicyclic) bond motifs is 2. The topological polar surface area (TPSA) is 67.1 Å². The van der Waals surface area contributed by atoms with Gasteiger partial charge in [0.15, 0.2) is 0 Å². The molecule has 90 valence electrons. The first kappa shape index (κ1) is 10.8. The molecule has 0 fully saturated rings. The van der Waals surface area contributed by atoms with Gasteiger partial charge in [-0.3, -0.25) is 10.2 Å². The number of carbonyl (C=O) groups is 1. The second kappa shape index (κ2) is 4.16. The summed E-state index contributed by atoms with van der Waals surface area (Å²) in [5.41, 5.74) is 6.03. The normalized spacial score (nSPS) is 13.2. The SMILES string of the molecule is NNC(=O)C1c2ccccc2Nc2ccccc21. The van der Waals surface area contributed by atoms with Crippen LogP contribution in [0, 0.1) is 0 Å². The fourth-order valence-corrected chi connectivity index (χ4v) is 2.40. The predicted molar refractivity (Wildman–Crippen MR) is 70.3 cm³/mol. The second-order valence-corrected chi connectivity index (χ2v) is 4.24. The molecule has 0 radical (unpaired) electrons. The summed E-state index contributed by atoms with van der Waals surface area (Å²) < 4.78 is 0. The summed E-state index contributed by atoms with van der Waals surface area (Å²) in [7, 11) is 0. The Hall–Kier alpha value is -2.33. The van der Waals surface area contributed by atoms with Crippen LogP contribution in [0.1, 0.15) is 17.0 Å². The molecule has 0 saturated heterocycles. The largest absolute Gasteiger partial charge is 0.355 e. The molecule has 4 heteroatoms. The minimum absolute atomic E-state index is 0.198. The number of rotatable bonds is 1. The highest BCUT2D eigenvalue weighted by Gasteiger charge is 2.30. The van der Waals surface area contributed by atoms with Crippen LogP contribution in [-0.2, 0) is 4.79 Å². The second-order valence-electron chi connectivity index (χ2n) is 4.24. The first-order valence-electron chi connectivity index (χ1n) is 5.76. The minimum Gasteiger partial charge on any atom is -0.355 e. The molecule has 18 heavy (non-hydrogen) atoms. The molecule has 0 aliphatic carbocycles. The van der Waals surface area contributed by atoms with Crippen LogP contribution in [0.4, 0.5) is 11.4 Å². The van der Waals surface area contributed by atoms with Gasteiger partial charge in [-0.2, -0.15) is 0 Å². The highest BCUT2D eigenvalue weighted by molar-refractivity contribution is 5.93. The third-order valence-electron chi connectivity index (χ3n) is 3.22. The number of hydrazine groups is 1. The van der Waals surface area contributed by atoms with Crippen molar-refractivity contribution in [2.75, 3.05) is 5.32 Å². The van der Waals surface area contributed by atoms with Gasteiger partial charge in [0.2, 0.25) is 5.91 Å². The van der Waals surface area contributed by atoms with Gasteiger partial charge >= 0.3 is 0 Å². The summed E-state index contributed by atoms with van der Waals surface area (Å²) in [5.74, 6) is 4.74. The van der Waals surface area contributed by atoms with Crippen molar-refractivity contribution < 1.29 is 4.79 Å². The monoisotopic (exact) mass is 239 g/mol. The lowest BCUT2D eigenvalue weighted by molar-refractivity contribution is -0.121. The van der Waals surface area contributed by atoms with Gasteiger partial charge in [-0.1, -0.05) is 36.4 Å². The number of benzene rings is 2. The highest BCUT2D eigenvalue weighted by Crippen LogP contribution is 2.40. The lowest BCUT2D eigenvalue weighted by Crippen LogP contribution is -2.36. The Kier molecular flexibility index (Phi) is 2.50. The molecule has 1 heterocycles. The van der Waals surface area contributed by atoms with Gasteiger partial charge in [0.1, 0.15) is 0 Å². The van der Waals surface area contributed by atoms with E-state index in [0.717, 1.165) is 22.5 Å². The molecule has 4 nitrogen and oxygen atoms in total. The zero-order valence-corrected chi connectivity index (χ0v) is 9.68. The molecule has 2 aromatic carbocycles. The summed E-state index contributed by atoms with van der Waals surface area (Å²) >= 11 is 0. The summed E-state index contributed by atoms with van der Waals surface area (Å²) in [6, 6.07) is 15.5. The van der Waals surface area contributed by atoms with Crippen molar-refractivity contribution in [1.29, 1.82) is 0 Å². The van der Waals surface area contributed by atoms with Crippen LogP contribution in [-0.4, -0.2) is 5.91 Å². The molecule has 4 N–H and O–H groups in total. The molecule has 1 aliphatic heterocycles.